The van der Waals surface area contributed by atoms with Crippen molar-refractivity contribution in [3.8, 4) is 11.4 Å². The number of fused-ring (bicyclic) bond motifs is 1. The first kappa shape index (κ1) is 29.2. The van der Waals surface area contributed by atoms with E-state index in [-0.39, 0.29) is 23.2 Å². The highest BCUT2D eigenvalue weighted by Crippen LogP contribution is 2.29. The first-order valence-electron chi connectivity index (χ1n) is 13.5. The second-order valence-electron chi connectivity index (χ2n) is 9.74. The largest absolute Gasteiger partial charge is 0.378 e. The van der Waals surface area contributed by atoms with Gasteiger partial charge >= 0.3 is 6.03 Å². The number of aromatic nitrogens is 3. The summed E-state index contributed by atoms with van der Waals surface area (Å²) >= 11 is 0. The number of morpholine rings is 1. The lowest BCUT2D eigenvalue weighted by Gasteiger charge is -2.28. The minimum atomic E-state index is -0.687. The highest BCUT2D eigenvalue weighted by molar-refractivity contribution is 6.00. The van der Waals surface area contributed by atoms with Crippen molar-refractivity contribution in [1.82, 2.24) is 15.0 Å². The highest BCUT2D eigenvalue weighted by Gasteiger charge is 2.20. The predicted octanol–water partition coefficient (Wildman–Crippen LogP) is 4.70. The molecule has 1 fully saturated rings. The van der Waals surface area contributed by atoms with Gasteiger partial charge in [-0.2, -0.15) is 0 Å². The maximum atomic E-state index is 14.4. The molecular formula is C30H30FN9O3. The summed E-state index contributed by atoms with van der Waals surface area (Å²) in [5, 5.41) is 15.4. The minimum absolute atomic E-state index is 0.0353. The summed E-state index contributed by atoms with van der Waals surface area (Å²) in [7, 11) is 1.66. The number of halogens is 1. The zero-order valence-electron chi connectivity index (χ0n) is 23.6. The molecule has 43 heavy (non-hydrogen) atoms. The molecule has 1 atom stereocenters. The van der Waals surface area contributed by atoms with Crippen LogP contribution in [0.5, 0.6) is 0 Å². The molecule has 5 rings (SSSR count). The quantitative estimate of drug-likeness (QED) is 0.219. The van der Waals surface area contributed by atoms with Crippen molar-refractivity contribution in [3.05, 3.63) is 66.1 Å². The molecule has 4 aromatic rings. The Balaban J connectivity index is 1.39. The van der Waals surface area contributed by atoms with E-state index in [1.54, 1.807) is 43.7 Å². The molecule has 13 heteroatoms. The predicted molar refractivity (Wildman–Crippen MR) is 165 cm³/mol. The van der Waals surface area contributed by atoms with E-state index in [4.69, 9.17) is 20.1 Å². The van der Waals surface area contributed by atoms with Crippen molar-refractivity contribution in [2.45, 2.75) is 12.8 Å². The number of carbonyl (C=O) groups excluding carboxylic acids is 2. The van der Waals surface area contributed by atoms with Gasteiger partial charge in [0.2, 0.25) is 5.91 Å². The van der Waals surface area contributed by atoms with Crippen molar-refractivity contribution < 1.29 is 18.7 Å². The average molecular weight is 584 g/mol. The SMILES string of the molecule is CN=CC(C=N)c1cnc2c(N3CCOCC3)nc(-c3ccc(NC(=O)Nc4ccc(NC(C)=O)cc4F)cc3)nc2c1. The molecule has 4 N–H and O–H groups in total. The second kappa shape index (κ2) is 13.1. The van der Waals surface area contributed by atoms with Gasteiger partial charge < -0.3 is 31.0 Å². The lowest BCUT2D eigenvalue weighted by atomic mass is 10.0. The highest BCUT2D eigenvalue weighted by atomic mass is 19.1. The summed E-state index contributed by atoms with van der Waals surface area (Å²) < 4.78 is 19.9. The van der Waals surface area contributed by atoms with Gasteiger partial charge in [0.15, 0.2) is 11.6 Å². The first-order chi connectivity index (χ1) is 20.8. The molecular weight excluding hydrogens is 553 g/mol. The zero-order valence-corrected chi connectivity index (χ0v) is 23.6. The number of amides is 3. The molecule has 1 unspecified atom stereocenters. The Hall–Kier alpha value is -5.30. The molecule has 2 aromatic heterocycles. The summed E-state index contributed by atoms with van der Waals surface area (Å²) in [4.78, 5) is 44.2. The van der Waals surface area contributed by atoms with E-state index in [2.05, 4.69) is 30.8 Å². The third-order valence-corrected chi connectivity index (χ3v) is 6.66. The summed E-state index contributed by atoms with van der Waals surface area (Å²) in [6.07, 6.45) is 4.71. The second-order valence-corrected chi connectivity index (χ2v) is 9.74. The Morgan fingerprint density at radius 3 is 2.47 bits per heavy atom. The Labute approximate surface area is 246 Å². The smallest absolute Gasteiger partial charge is 0.323 e. The van der Waals surface area contributed by atoms with E-state index in [1.807, 2.05) is 6.07 Å². The number of hydrogen-bond acceptors (Lipinski definition) is 9. The molecule has 2 aromatic carbocycles. The van der Waals surface area contributed by atoms with E-state index >= 15 is 0 Å². The number of anilines is 4. The average Bonchev–Trinajstić information content (AvgIpc) is 3.01. The van der Waals surface area contributed by atoms with Gasteiger partial charge in [0.05, 0.1) is 30.3 Å². The number of carbonyl (C=O) groups is 2. The number of nitrogens with one attached hydrogen (secondary N) is 4. The molecule has 3 amide bonds. The molecule has 220 valence electrons. The third-order valence-electron chi connectivity index (χ3n) is 6.66. The molecule has 12 nitrogen and oxygen atoms in total. The molecule has 1 saturated heterocycles. The van der Waals surface area contributed by atoms with Gasteiger partial charge in [0, 0.05) is 62.6 Å². The third kappa shape index (κ3) is 6.96. The van der Waals surface area contributed by atoms with Crippen LogP contribution in [0, 0.1) is 11.2 Å². The van der Waals surface area contributed by atoms with Crippen LogP contribution in [0.3, 0.4) is 0 Å². The van der Waals surface area contributed by atoms with Crippen molar-refractivity contribution in [2.75, 3.05) is 54.2 Å². The van der Waals surface area contributed by atoms with Gasteiger partial charge in [-0.25, -0.2) is 19.2 Å². The van der Waals surface area contributed by atoms with E-state index < -0.39 is 11.8 Å². The maximum absolute atomic E-state index is 14.4. The van der Waals surface area contributed by atoms with Crippen LogP contribution < -0.4 is 20.9 Å². The van der Waals surface area contributed by atoms with E-state index in [1.165, 1.54) is 25.3 Å². The first-order valence-corrected chi connectivity index (χ1v) is 13.5. The normalized spacial score (nSPS) is 14.0. The summed E-state index contributed by atoms with van der Waals surface area (Å²) in [5.41, 5.74) is 3.51. The fourth-order valence-electron chi connectivity index (χ4n) is 4.60. The van der Waals surface area contributed by atoms with Crippen LogP contribution in [0.2, 0.25) is 0 Å². The topological polar surface area (TPSA) is 158 Å². The van der Waals surface area contributed by atoms with Crippen LogP contribution >= 0.6 is 0 Å². The number of hydrogen-bond donors (Lipinski definition) is 4. The fraction of sp³-hybridized carbons (Fsp3) is 0.233. The van der Waals surface area contributed by atoms with Crippen molar-refractivity contribution in [3.63, 3.8) is 0 Å². The van der Waals surface area contributed by atoms with Crippen LogP contribution in [-0.4, -0.2) is 72.7 Å². The number of ether oxygens (including phenoxy) is 1. The van der Waals surface area contributed by atoms with Gasteiger partial charge in [-0.1, -0.05) is 0 Å². The van der Waals surface area contributed by atoms with E-state index in [9.17, 15) is 14.0 Å². The lowest BCUT2D eigenvalue weighted by molar-refractivity contribution is -0.114. The van der Waals surface area contributed by atoms with Crippen LogP contribution in [0.4, 0.5) is 32.1 Å². The standard InChI is InChI=1S/C30H30FN9O3/c1-18(41)35-23-7-8-25(24(31)14-23)38-30(42)36-22-5-3-19(4-6-22)28-37-26-13-20(21(15-32)16-33-2)17-34-27(26)29(39-28)40-9-11-43-12-10-40/h3-8,13-17,21,32H,9-12H2,1-2H3,(H,35,41)(H2,36,38,42). The number of urea groups is 1. The molecule has 0 radical (unpaired) electrons. The van der Waals surface area contributed by atoms with Crippen LogP contribution in [0.1, 0.15) is 18.4 Å². The molecule has 0 saturated carbocycles. The zero-order chi connectivity index (χ0) is 30.3. The monoisotopic (exact) mass is 583 g/mol. The molecule has 3 heterocycles. The van der Waals surface area contributed by atoms with Gasteiger partial charge in [-0.15, -0.1) is 0 Å². The van der Waals surface area contributed by atoms with E-state index in [0.717, 1.165) is 11.6 Å². The fourth-order valence-corrected chi connectivity index (χ4v) is 4.60. The van der Waals surface area contributed by atoms with Crippen molar-refractivity contribution >= 4 is 58.3 Å². The van der Waals surface area contributed by atoms with Crippen LogP contribution in [-0.2, 0) is 9.53 Å². The Kier molecular flexibility index (Phi) is 8.91. The van der Waals surface area contributed by atoms with Crippen LogP contribution in [0.15, 0.2) is 59.7 Å². The van der Waals surface area contributed by atoms with Crippen LogP contribution in [0.25, 0.3) is 22.4 Å². The Bertz CT molecular complexity index is 1690. The minimum Gasteiger partial charge on any atom is -0.378 e. The van der Waals surface area contributed by atoms with E-state index in [0.29, 0.717) is 60.2 Å². The molecule has 1 aliphatic heterocycles. The number of pyridine rings is 1. The van der Waals surface area contributed by atoms with Gasteiger partial charge in [0.25, 0.3) is 0 Å². The Morgan fingerprint density at radius 1 is 1.05 bits per heavy atom. The van der Waals surface area contributed by atoms with Gasteiger partial charge in [0.1, 0.15) is 11.3 Å². The molecule has 0 aliphatic carbocycles. The van der Waals surface area contributed by atoms with Crippen molar-refractivity contribution in [1.29, 1.82) is 5.41 Å². The van der Waals surface area contributed by atoms with Gasteiger partial charge in [-0.05, 0) is 54.1 Å². The number of rotatable bonds is 8. The summed E-state index contributed by atoms with van der Waals surface area (Å²) in [6, 6.07) is 12.2. The van der Waals surface area contributed by atoms with Crippen molar-refractivity contribution in [2.24, 2.45) is 4.99 Å². The van der Waals surface area contributed by atoms with Gasteiger partial charge in [-0.3, -0.25) is 14.8 Å². The maximum Gasteiger partial charge on any atom is 0.323 e. The summed E-state index contributed by atoms with van der Waals surface area (Å²) in [6.45, 7) is 3.80. The molecule has 0 bridgehead atoms. The number of aliphatic imine (C=N–C) groups is 1. The number of nitrogens with zero attached hydrogens (tertiary/aromatic N) is 5. The summed E-state index contributed by atoms with van der Waals surface area (Å²) in [5.74, 6) is -0.174. The lowest BCUT2D eigenvalue weighted by Crippen LogP contribution is -2.37. The molecule has 0 spiro atoms. The molecule has 1 aliphatic rings. The number of benzene rings is 2. The Morgan fingerprint density at radius 2 is 1.79 bits per heavy atom.